The first-order valence-corrected chi connectivity index (χ1v) is 5.84. The van der Waals surface area contributed by atoms with E-state index >= 15 is 0 Å². The molecule has 15 heavy (non-hydrogen) atoms. The van der Waals surface area contributed by atoms with Crippen LogP contribution in [0.2, 0.25) is 0 Å². The van der Waals surface area contributed by atoms with Crippen molar-refractivity contribution in [2.45, 2.75) is 6.42 Å². The fraction of sp³-hybridized carbons (Fsp3) is 0.200. The normalized spacial score (nSPS) is 9.40. The maximum absolute atomic E-state index is 11.6. The number of carbonyl (C=O) groups excluding carboxylic acids is 1. The van der Waals surface area contributed by atoms with Crippen molar-refractivity contribution in [3.8, 4) is 6.07 Å². The Bertz CT molecular complexity index is 412. The van der Waals surface area contributed by atoms with Gasteiger partial charge in [0.2, 0.25) is 0 Å². The Labute approximate surface area is 105 Å². The molecule has 0 saturated carbocycles. The van der Waals surface area contributed by atoms with Gasteiger partial charge in [-0.1, -0.05) is 15.9 Å². The number of hydrogen-bond donors (Lipinski definition) is 1. The number of nitrogens with zero attached hydrogens (tertiary/aromatic N) is 1. The summed E-state index contributed by atoms with van der Waals surface area (Å²) in [5, 5.41) is 11.0. The first-order valence-electron chi connectivity index (χ1n) is 4.25. The van der Waals surface area contributed by atoms with Gasteiger partial charge >= 0.3 is 0 Å². The molecule has 1 rings (SSSR count). The summed E-state index contributed by atoms with van der Waals surface area (Å²) < 4.78 is 1.58. The third-order valence-corrected chi connectivity index (χ3v) is 2.88. The number of nitrogens with one attached hydrogen (secondary N) is 1. The molecule has 1 aromatic carbocycles. The predicted octanol–water partition coefficient (Wildman–Crippen LogP) is 2.86. The van der Waals surface area contributed by atoms with Gasteiger partial charge in [-0.25, -0.2) is 0 Å². The van der Waals surface area contributed by atoms with Gasteiger partial charge in [0.15, 0.2) is 0 Å². The largest absolute Gasteiger partial charge is 0.351 e. The molecule has 0 spiro atoms. The summed E-state index contributed by atoms with van der Waals surface area (Å²) in [4.78, 5) is 11.6. The predicted molar refractivity (Wildman–Crippen MR) is 64.4 cm³/mol. The van der Waals surface area contributed by atoms with Gasteiger partial charge < -0.3 is 5.32 Å². The fourth-order valence-electron chi connectivity index (χ4n) is 0.999. The molecule has 0 saturated heterocycles. The van der Waals surface area contributed by atoms with E-state index in [-0.39, 0.29) is 5.91 Å². The third kappa shape index (κ3) is 3.65. The zero-order chi connectivity index (χ0) is 11.3. The number of rotatable bonds is 3. The fourth-order valence-corrected chi connectivity index (χ4v) is 1.79. The second kappa shape index (κ2) is 5.89. The summed E-state index contributed by atoms with van der Waals surface area (Å²) in [7, 11) is 0. The topological polar surface area (TPSA) is 52.9 Å². The maximum Gasteiger partial charge on any atom is 0.252 e. The van der Waals surface area contributed by atoms with Crippen LogP contribution in [0.1, 0.15) is 16.8 Å². The zero-order valence-electron chi connectivity index (χ0n) is 7.76. The van der Waals surface area contributed by atoms with Gasteiger partial charge in [0.05, 0.1) is 18.1 Å². The highest BCUT2D eigenvalue weighted by atomic mass is 79.9. The van der Waals surface area contributed by atoms with E-state index in [0.717, 1.165) is 8.95 Å². The first kappa shape index (κ1) is 12.2. The summed E-state index contributed by atoms with van der Waals surface area (Å²) in [6, 6.07) is 7.33. The van der Waals surface area contributed by atoms with Crippen molar-refractivity contribution < 1.29 is 4.79 Å². The lowest BCUT2D eigenvalue weighted by Crippen LogP contribution is -2.24. The van der Waals surface area contributed by atoms with Crippen molar-refractivity contribution in [3.63, 3.8) is 0 Å². The lowest BCUT2D eigenvalue weighted by Gasteiger charge is -2.05. The zero-order valence-corrected chi connectivity index (χ0v) is 10.9. The van der Waals surface area contributed by atoms with Gasteiger partial charge in [-0.3, -0.25) is 4.79 Å². The van der Waals surface area contributed by atoms with Crippen LogP contribution in [0.4, 0.5) is 0 Å². The molecule has 1 amide bonds. The van der Waals surface area contributed by atoms with Crippen molar-refractivity contribution in [1.82, 2.24) is 5.32 Å². The van der Waals surface area contributed by atoms with E-state index in [1.807, 2.05) is 12.1 Å². The van der Waals surface area contributed by atoms with Crippen LogP contribution in [0, 0.1) is 11.3 Å². The van der Waals surface area contributed by atoms with Gasteiger partial charge in [-0.2, -0.15) is 5.26 Å². The van der Waals surface area contributed by atoms with Crippen molar-refractivity contribution in [3.05, 3.63) is 32.7 Å². The Balaban J connectivity index is 2.73. The molecule has 0 radical (unpaired) electrons. The molecule has 0 bridgehead atoms. The number of amides is 1. The molecule has 0 fully saturated rings. The molecule has 0 aliphatic heterocycles. The summed E-state index contributed by atoms with van der Waals surface area (Å²) in [5.41, 5.74) is 0.558. The van der Waals surface area contributed by atoms with Crippen molar-refractivity contribution in [2.75, 3.05) is 6.54 Å². The molecule has 3 nitrogen and oxygen atoms in total. The Kier molecular flexibility index (Phi) is 4.79. The molecule has 0 aliphatic carbocycles. The molecule has 1 N–H and O–H groups in total. The van der Waals surface area contributed by atoms with Crippen molar-refractivity contribution in [1.29, 1.82) is 5.26 Å². The van der Waals surface area contributed by atoms with Crippen LogP contribution in [0.3, 0.4) is 0 Å². The molecule has 0 atom stereocenters. The minimum Gasteiger partial charge on any atom is -0.351 e. The third-order valence-electron chi connectivity index (χ3n) is 1.70. The number of halogens is 2. The highest BCUT2D eigenvalue weighted by Gasteiger charge is 2.09. The number of benzene rings is 1. The van der Waals surface area contributed by atoms with Crippen molar-refractivity contribution in [2.24, 2.45) is 0 Å². The molecule has 0 aromatic heterocycles. The number of hydrogen-bond acceptors (Lipinski definition) is 2. The molecular weight excluding hydrogens is 324 g/mol. The van der Waals surface area contributed by atoms with Crippen LogP contribution < -0.4 is 5.32 Å². The summed E-state index contributed by atoms with van der Waals surface area (Å²) in [6.45, 7) is 0.369. The van der Waals surface area contributed by atoms with Gasteiger partial charge in [-0.15, -0.1) is 0 Å². The maximum atomic E-state index is 11.6. The lowest BCUT2D eigenvalue weighted by molar-refractivity contribution is 0.0953. The molecule has 1 aromatic rings. The lowest BCUT2D eigenvalue weighted by atomic mass is 10.2. The smallest absolute Gasteiger partial charge is 0.252 e. The van der Waals surface area contributed by atoms with E-state index in [4.69, 9.17) is 5.26 Å². The van der Waals surface area contributed by atoms with E-state index in [1.54, 1.807) is 12.1 Å². The van der Waals surface area contributed by atoms with Crippen LogP contribution in [0.5, 0.6) is 0 Å². The number of nitriles is 1. The molecule has 0 aliphatic rings. The van der Waals surface area contributed by atoms with Crippen LogP contribution >= 0.6 is 31.9 Å². The average molecular weight is 332 g/mol. The van der Waals surface area contributed by atoms with E-state index in [2.05, 4.69) is 37.2 Å². The number of carbonyl (C=O) groups is 1. The van der Waals surface area contributed by atoms with E-state index in [1.165, 1.54) is 0 Å². The monoisotopic (exact) mass is 330 g/mol. The van der Waals surface area contributed by atoms with E-state index < -0.39 is 0 Å². The summed E-state index contributed by atoms with van der Waals surface area (Å²) >= 11 is 6.59. The average Bonchev–Trinajstić information content (AvgIpc) is 2.22. The van der Waals surface area contributed by atoms with Crippen LogP contribution in [-0.4, -0.2) is 12.5 Å². The minimum atomic E-state index is -0.182. The molecule has 78 valence electrons. The SMILES string of the molecule is N#CCCNC(=O)c1cc(Br)ccc1Br. The first-order chi connectivity index (χ1) is 7.15. The standard InChI is InChI=1S/C10H8Br2N2O/c11-7-2-3-9(12)8(6-7)10(15)14-5-1-4-13/h2-3,6H,1,5H2,(H,14,15). The Morgan fingerprint density at radius 1 is 1.47 bits per heavy atom. The highest BCUT2D eigenvalue weighted by molar-refractivity contribution is 9.11. The van der Waals surface area contributed by atoms with Crippen molar-refractivity contribution >= 4 is 37.8 Å². The van der Waals surface area contributed by atoms with E-state index in [0.29, 0.717) is 18.5 Å². The molecule has 5 heteroatoms. The van der Waals surface area contributed by atoms with Gasteiger partial charge in [0.25, 0.3) is 5.91 Å². The van der Waals surface area contributed by atoms with Gasteiger partial charge in [0, 0.05) is 15.5 Å². The van der Waals surface area contributed by atoms with Crippen LogP contribution in [-0.2, 0) is 0 Å². The Morgan fingerprint density at radius 2 is 2.20 bits per heavy atom. The van der Waals surface area contributed by atoms with Gasteiger partial charge in [0.1, 0.15) is 0 Å². The highest BCUT2D eigenvalue weighted by Crippen LogP contribution is 2.21. The van der Waals surface area contributed by atoms with Crippen LogP contribution in [0.15, 0.2) is 27.1 Å². The Hall–Kier alpha value is -0.860. The molecular formula is C10H8Br2N2O. The second-order valence-corrected chi connectivity index (χ2v) is 4.56. The summed E-state index contributed by atoms with van der Waals surface area (Å²) in [5.74, 6) is -0.182. The van der Waals surface area contributed by atoms with Crippen LogP contribution in [0.25, 0.3) is 0 Å². The minimum absolute atomic E-state index is 0.182. The van der Waals surface area contributed by atoms with E-state index in [9.17, 15) is 4.79 Å². The van der Waals surface area contributed by atoms with Gasteiger partial charge in [-0.05, 0) is 34.1 Å². The molecule has 0 unspecified atom stereocenters. The quantitative estimate of drug-likeness (QED) is 0.866. The molecule has 0 heterocycles. The summed E-state index contributed by atoms with van der Waals surface area (Å²) in [6.07, 6.45) is 0.317. The second-order valence-electron chi connectivity index (χ2n) is 2.79. The Morgan fingerprint density at radius 3 is 2.87 bits per heavy atom.